The van der Waals surface area contributed by atoms with Gasteiger partial charge in [0.15, 0.2) is 10.6 Å². The second kappa shape index (κ2) is 10.9. The molecule has 0 bridgehead atoms. The Bertz CT molecular complexity index is 803. The van der Waals surface area contributed by atoms with Crippen molar-refractivity contribution in [3.05, 3.63) is 52.7 Å². The molecule has 1 atom stereocenters. The van der Waals surface area contributed by atoms with Crippen LogP contribution in [0.1, 0.15) is 47.5 Å². The topological polar surface area (TPSA) is 30.5 Å². The monoisotopic (exact) mass is 425 g/mol. The lowest BCUT2D eigenvalue weighted by Gasteiger charge is -2.23. The van der Waals surface area contributed by atoms with E-state index in [0.717, 1.165) is 31.9 Å². The van der Waals surface area contributed by atoms with Crippen molar-refractivity contribution in [3.63, 3.8) is 0 Å². The normalized spacial score (nSPS) is 15.7. The van der Waals surface area contributed by atoms with Crippen molar-refractivity contribution in [2.24, 2.45) is 0 Å². The van der Waals surface area contributed by atoms with Crippen LogP contribution in [-0.4, -0.2) is 48.6 Å². The van der Waals surface area contributed by atoms with Crippen molar-refractivity contribution in [2.45, 2.75) is 58.4 Å². The molecule has 1 aliphatic heterocycles. The third kappa shape index (κ3) is 5.60. The van der Waals surface area contributed by atoms with Crippen LogP contribution >= 0.6 is 11.8 Å². The van der Waals surface area contributed by atoms with E-state index in [0.29, 0.717) is 6.04 Å². The average Bonchev–Trinajstić information content (AvgIpc) is 2.76. The van der Waals surface area contributed by atoms with Gasteiger partial charge in [-0.2, -0.15) is 0 Å². The molecule has 0 saturated carbocycles. The third-order valence-corrected chi connectivity index (χ3v) is 7.00. The Morgan fingerprint density at radius 2 is 1.87 bits per heavy atom. The molecular weight excluding hydrogens is 388 g/mol. The quantitative estimate of drug-likeness (QED) is 0.429. The van der Waals surface area contributed by atoms with Crippen molar-refractivity contribution < 1.29 is 0 Å². The van der Waals surface area contributed by atoms with E-state index in [1.54, 1.807) is 0 Å². The number of benzene rings is 1. The molecule has 1 aliphatic carbocycles. The van der Waals surface area contributed by atoms with Crippen LogP contribution in [0.15, 0.2) is 51.5 Å². The first-order chi connectivity index (χ1) is 14.6. The molecule has 1 aromatic rings. The van der Waals surface area contributed by atoms with Crippen molar-refractivity contribution in [1.82, 2.24) is 9.80 Å². The molecule has 162 valence electrons. The van der Waals surface area contributed by atoms with E-state index < -0.39 is 0 Å². The fourth-order valence-corrected chi connectivity index (χ4v) is 5.03. The predicted octanol–water partition coefficient (Wildman–Crippen LogP) is 5.94. The van der Waals surface area contributed by atoms with Gasteiger partial charge < -0.3 is 20.4 Å². The minimum absolute atomic E-state index is 0.468. The maximum absolute atomic E-state index is 3.70. The highest BCUT2D eigenvalue weighted by atomic mass is 32.2. The molecule has 30 heavy (non-hydrogen) atoms. The molecule has 0 radical (unpaired) electrons. The van der Waals surface area contributed by atoms with E-state index in [-0.39, 0.29) is 0 Å². The first kappa shape index (κ1) is 22.7. The number of nitrogens with zero attached hydrogens (tertiary/aromatic N) is 2. The van der Waals surface area contributed by atoms with Gasteiger partial charge in [-0.3, -0.25) is 0 Å². The SMILES string of the molecule is CCN(CC)CCCC(C)Nc1ccc2c(c1)SC1=C([C+]=CC(N(CC)CC)=C1)N2. The van der Waals surface area contributed by atoms with Crippen LogP contribution in [0.4, 0.5) is 11.4 Å². The van der Waals surface area contributed by atoms with Gasteiger partial charge in [-0.25, -0.2) is 0 Å². The summed E-state index contributed by atoms with van der Waals surface area (Å²) in [6, 6.07) is 7.11. The zero-order valence-corrected chi connectivity index (χ0v) is 20.0. The zero-order valence-electron chi connectivity index (χ0n) is 19.2. The predicted molar refractivity (Wildman–Crippen MR) is 132 cm³/mol. The number of hydrogen-bond donors (Lipinski definition) is 2. The molecular formula is C25H37N4S+. The van der Waals surface area contributed by atoms with Crippen molar-refractivity contribution >= 4 is 23.1 Å². The molecule has 4 nitrogen and oxygen atoms in total. The van der Waals surface area contributed by atoms with Crippen molar-refractivity contribution in [2.75, 3.05) is 43.4 Å². The minimum Gasteiger partial charge on any atom is -0.383 e. The van der Waals surface area contributed by atoms with Gasteiger partial charge in [-0.1, -0.05) is 13.8 Å². The van der Waals surface area contributed by atoms with Gasteiger partial charge in [0, 0.05) is 24.8 Å². The summed E-state index contributed by atoms with van der Waals surface area (Å²) in [6.45, 7) is 16.7. The molecule has 1 aromatic carbocycles. The summed E-state index contributed by atoms with van der Waals surface area (Å²) in [6.07, 6.45) is 10.2. The highest BCUT2D eigenvalue weighted by Crippen LogP contribution is 2.43. The highest BCUT2D eigenvalue weighted by molar-refractivity contribution is 8.03. The van der Waals surface area contributed by atoms with E-state index in [4.69, 9.17) is 0 Å². The molecule has 5 heteroatoms. The summed E-state index contributed by atoms with van der Waals surface area (Å²) in [5.74, 6) is 0. The van der Waals surface area contributed by atoms with Gasteiger partial charge in [0.05, 0.1) is 22.7 Å². The second-order valence-corrected chi connectivity index (χ2v) is 9.01. The smallest absolute Gasteiger partial charge is 0.222 e. The van der Waals surface area contributed by atoms with Crippen LogP contribution in [0, 0.1) is 6.08 Å². The van der Waals surface area contributed by atoms with Crippen LogP contribution < -0.4 is 10.6 Å². The fraction of sp³-hybridized carbons (Fsp3) is 0.520. The Kier molecular flexibility index (Phi) is 8.26. The molecule has 0 amide bonds. The lowest BCUT2D eigenvalue weighted by Crippen LogP contribution is -2.25. The van der Waals surface area contributed by atoms with Crippen molar-refractivity contribution in [3.8, 4) is 0 Å². The van der Waals surface area contributed by atoms with Gasteiger partial charge in [-0.05, 0) is 83.2 Å². The van der Waals surface area contributed by atoms with Crippen molar-refractivity contribution in [1.29, 1.82) is 0 Å². The average molecular weight is 426 g/mol. The summed E-state index contributed by atoms with van der Waals surface area (Å²) < 4.78 is 0. The van der Waals surface area contributed by atoms with Crippen LogP contribution in [-0.2, 0) is 0 Å². The summed E-state index contributed by atoms with van der Waals surface area (Å²) >= 11 is 1.84. The molecule has 0 saturated heterocycles. The van der Waals surface area contributed by atoms with Crippen LogP contribution in [0.5, 0.6) is 0 Å². The number of rotatable bonds is 11. The molecule has 2 N–H and O–H groups in total. The number of fused-ring (bicyclic) bond motifs is 1. The number of anilines is 2. The molecule has 2 aliphatic rings. The maximum atomic E-state index is 3.70. The maximum Gasteiger partial charge on any atom is 0.222 e. The number of likely N-dealkylation sites (N-methyl/N-ethyl adjacent to an activating group) is 1. The van der Waals surface area contributed by atoms with Gasteiger partial charge in [0.2, 0.25) is 5.70 Å². The van der Waals surface area contributed by atoms with Crippen LogP contribution in [0.25, 0.3) is 0 Å². The molecule has 1 unspecified atom stereocenters. The van der Waals surface area contributed by atoms with E-state index in [2.05, 4.69) is 91.5 Å². The number of allylic oxidation sites excluding steroid dienone is 3. The molecule has 0 aromatic heterocycles. The zero-order chi connectivity index (χ0) is 21.5. The number of nitrogens with one attached hydrogen (secondary N) is 2. The second-order valence-electron chi connectivity index (χ2n) is 7.92. The first-order valence-electron chi connectivity index (χ1n) is 11.5. The summed E-state index contributed by atoms with van der Waals surface area (Å²) in [7, 11) is 0. The summed E-state index contributed by atoms with van der Waals surface area (Å²) in [5, 5.41) is 7.25. The first-order valence-corrected chi connectivity index (χ1v) is 12.3. The Balaban J connectivity index is 1.62. The minimum atomic E-state index is 0.468. The van der Waals surface area contributed by atoms with Gasteiger partial charge in [-0.15, -0.1) is 0 Å². The Morgan fingerprint density at radius 1 is 1.10 bits per heavy atom. The van der Waals surface area contributed by atoms with E-state index in [1.807, 2.05) is 11.8 Å². The Hall–Kier alpha value is -1.94. The van der Waals surface area contributed by atoms with Crippen LogP contribution in [0.2, 0.25) is 0 Å². The molecule has 0 spiro atoms. The Labute approximate surface area is 187 Å². The highest BCUT2D eigenvalue weighted by Gasteiger charge is 2.28. The van der Waals surface area contributed by atoms with Gasteiger partial charge in [0.25, 0.3) is 0 Å². The third-order valence-electron chi connectivity index (χ3n) is 5.90. The largest absolute Gasteiger partial charge is 0.383 e. The van der Waals surface area contributed by atoms with E-state index >= 15 is 0 Å². The Morgan fingerprint density at radius 3 is 2.57 bits per heavy atom. The lowest BCUT2D eigenvalue weighted by molar-refractivity contribution is 0.295. The van der Waals surface area contributed by atoms with Gasteiger partial charge >= 0.3 is 0 Å². The van der Waals surface area contributed by atoms with Gasteiger partial charge in [0.1, 0.15) is 6.08 Å². The van der Waals surface area contributed by atoms with Crippen LogP contribution in [0.3, 0.4) is 0 Å². The van der Waals surface area contributed by atoms with E-state index in [1.165, 1.54) is 46.3 Å². The fourth-order valence-electron chi connectivity index (χ4n) is 3.99. The molecule has 0 fully saturated rings. The summed E-state index contributed by atoms with van der Waals surface area (Å²) in [5.41, 5.74) is 4.69. The molecule has 3 rings (SSSR count). The number of thioether (sulfide) groups is 1. The molecule has 1 heterocycles. The standard InChI is InChI=1S/C25H37N4S/c1-6-28(7-2)16-10-11-19(5)26-20-12-14-22-24(17-20)30-25-18-21(29(8-3)9-4)13-15-23(25)27-22/h12-14,17-19,26-27H,6-11,16H2,1-5H3/q+1. The number of hydrogen-bond acceptors (Lipinski definition) is 5. The lowest BCUT2D eigenvalue weighted by atomic mass is 10.1. The van der Waals surface area contributed by atoms with E-state index in [9.17, 15) is 0 Å². The summed E-state index contributed by atoms with van der Waals surface area (Å²) in [4.78, 5) is 7.38.